The number of fused-ring (bicyclic) bond motifs is 3. The highest BCUT2D eigenvalue weighted by Gasteiger charge is 2.16. The van der Waals surface area contributed by atoms with Gasteiger partial charge in [-0.1, -0.05) is 30.0 Å². The first kappa shape index (κ1) is 19.5. The molecular formula is C25H22N2O3. The average molecular weight is 398 g/mol. The molecule has 0 aliphatic carbocycles. The van der Waals surface area contributed by atoms with E-state index in [1.807, 2.05) is 0 Å². The maximum Gasteiger partial charge on any atom is 0.269 e. The normalized spacial score (nSPS) is 10.8. The summed E-state index contributed by atoms with van der Waals surface area (Å²) < 4.78 is 8.36. The predicted molar refractivity (Wildman–Crippen MR) is 120 cm³/mol. The molecule has 0 bridgehead atoms. The van der Waals surface area contributed by atoms with Gasteiger partial charge in [-0.05, 0) is 50.6 Å². The molecular weight excluding hydrogens is 376 g/mol. The molecule has 0 fully saturated rings. The number of aromatic nitrogens is 1. The van der Waals surface area contributed by atoms with E-state index in [9.17, 15) is 10.1 Å². The van der Waals surface area contributed by atoms with Crippen molar-refractivity contribution in [3.05, 3.63) is 81.4 Å². The number of nitro benzene ring substituents is 1. The molecule has 30 heavy (non-hydrogen) atoms. The van der Waals surface area contributed by atoms with Crippen LogP contribution >= 0.6 is 0 Å². The summed E-state index contributed by atoms with van der Waals surface area (Å²) in [7, 11) is 0. The molecule has 5 heteroatoms. The minimum absolute atomic E-state index is 0.0578. The third-order valence-electron chi connectivity index (χ3n) is 5.36. The zero-order valence-corrected chi connectivity index (χ0v) is 17.2. The van der Waals surface area contributed by atoms with Crippen LogP contribution in [0.3, 0.4) is 0 Å². The fourth-order valence-corrected chi connectivity index (χ4v) is 3.99. The molecule has 0 aliphatic heterocycles. The first-order valence-corrected chi connectivity index (χ1v) is 9.88. The lowest BCUT2D eigenvalue weighted by Crippen LogP contribution is -1.99. The highest BCUT2D eigenvalue weighted by molar-refractivity contribution is 6.11. The van der Waals surface area contributed by atoms with E-state index in [1.165, 1.54) is 39.5 Å². The summed E-state index contributed by atoms with van der Waals surface area (Å²) in [5, 5.41) is 13.2. The number of hydrogen-bond acceptors (Lipinski definition) is 3. The van der Waals surface area contributed by atoms with Crippen molar-refractivity contribution in [3.8, 4) is 17.6 Å². The van der Waals surface area contributed by atoms with Gasteiger partial charge in [0.2, 0.25) is 0 Å². The largest absolute Gasteiger partial charge is 0.481 e. The Balaban J connectivity index is 1.64. The lowest BCUT2D eigenvalue weighted by Gasteiger charge is -2.12. The van der Waals surface area contributed by atoms with E-state index in [1.54, 1.807) is 12.1 Å². The molecule has 0 amide bonds. The Hall–Kier alpha value is -3.78. The van der Waals surface area contributed by atoms with E-state index in [2.05, 4.69) is 67.5 Å². The van der Waals surface area contributed by atoms with Gasteiger partial charge in [0.05, 0.1) is 10.4 Å². The lowest BCUT2D eigenvalue weighted by molar-refractivity contribution is -0.384. The van der Waals surface area contributed by atoms with Gasteiger partial charge in [-0.25, -0.2) is 0 Å². The van der Waals surface area contributed by atoms with Gasteiger partial charge < -0.3 is 9.30 Å². The van der Waals surface area contributed by atoms with Gasteiger partial charge in [-0.15, -0.1) is 0 Å². The van der Waals surface area contributed by atoms with Crippen molar-refractivity contribution in [1.29, 1.82) is 0 Å². The molecule has 150 valence electrons. The number of benzene rings is 3. The van der Waals surface area contributed by atoms with Crippen LogP contribution in [-0.2, 0) is 6.54 Å². The summed E-state index contributed by atoms with van der Waals surface area (Å²) in [6.45, 7) is 7.52. The Morgan fingerprint density at radius 3 is 2.53 bits per heavy atom. The Labute approximate surface area is 175 Å². The van der Waals surface area contributed by atoms with Crippen molar-refractivity contribution >= 4 is 27.5 Å². The maximum absolute atomic E-state index is 10.7. The summed E-state index contributed by atoms with van der Waals surface area (Å²) >= 11 is 0. The minimum atomic E-state index is -0.420. The zero-order chi connectivity index (χ0) is 21.3. The van der Waals surface area contributed by atoms with Crippen LogP contribution in [0.15, 0.2) is 54.6 Å². The second-order valence-electron chi connectivity index (χ2n) is 7.20. The zero-order valence-electron chi connectivity index (χ0n) is 17.2. The molecule has 0 unspecified atom stereocenters. The molecule has 0 N–H and O–H groups in total. The van der Waals surface area contributed by atoms with Gasteiger partial charge >= 0.3 is 0 Å². The second-order valence-corrected chi connectivity index (χ2v) is 7.20. The van der Waals surface area contributed by atoms with Crippen molar-refractivity contribution in [1.82, 2.24) is 4.57 Å². The average Bonchev–Trinajstić information content (AvgIpc) is 3.10. The topological polar surface area (TPSA) is 57.3 Å². The third-order valence-corrected chi connectivity index (χ3v) is 5.36. The van der Waals surface area contributed by atoms with Crippen molar-refractivity contribution in [2.45, 2.75) is 27.3 Å². The van der Waals surface area contributed by atoms with E-state index >= 15 is 0 Å². The Morgan fingerprint density at radius 2 is 1.83 bits per heavy atom. The lowest BCUT2D eigenvalue weighted by atomic mass is 10.0. The molecule has 0 atom stereocenters. The van der Waals surface area contributed by atoms with Crippen LogP contribution in [0.1, 0.15) is 23.6 Å². The van der Waals surface area contributed by atoms with Crippen molar-refractivity contribution in [2.24, 2.45) is 0 Å². The van der Waals surface area contributed by atoms with E-state index in [4.69, 9.17) is 4.74 Å². The van der Waals surface area contributed by atoms with Crippen LogP contribution in [0.5, 0.6) is 5.75 Å². The van der Waals surface area contributed by atoms with Crippen molar-refractivity contribution < 1.29 is 9.66 Å². The van der Waals surface area contributed by atoms with E-state index in [0.29, 0.717) is 0 Å². The van der Waals surface area contributed by atoms with E-state index in [-0.39, 0.29) is 12.3 Å². The highest BCUT2D eigenvalue weighted by Crippen LogP contribution is 2.37. The third kappa shape index (κ3) is 3.37. The predicted octanol–water partition coefficient (Wildman–Crippen LogP) is 5.77. The van der Waals surface area contributed by atoms with E-state index < -0.39 is 4.92 Å². The molecule has 0 aliphatic rings. The fourth-order valence-electron chi connectivity index (χ4n) is 3.99. The minimum Gasteiger partial charge on any atom is -0.481 e. The van der Waals surface area contributed by atoms with Gasteiger partial charge in [-0.3, -0.25) is 10.1 Å². The summed E-state index contributed by atoms with van der Waals surface area (Å²) in [4.78, 5) is 10.3. The SMILES string of the molecule is CCn1c2ccccc2c2c(C)c(OCC#Cc3ccc([N+](=O)[O-])cc3)cc(C)c21. The summed E-state index contributed by atoms with van der Waals surface area (Å²) in [6.07, 6.45) is 0. The summed E-state index contributed by atoms with van der Waals surface area (Å²) in [6, 6.07) is 16.7. The molecule has 1 heterocycles. The molecule has 4 rings (SSSR count). The van der Waals surface area contributed by atoms with Gasteiger partial charge in [0.15, 0.2) is 0 Å². The van der Waals surface area contributed by atoms with Crippen LogP contribution in [0.4, 0.5) is 5.69 Å². The molecule has 5 nitrogen and oxygen atoms in total. The maximum atomic E-state index is 10.7. The fraction of sp³-hybridized carbons (Fsp3) is 0.200. The van der Waals surface area contributed by atoms with Crippen LogP contribution in [-0.4, -0.2) is 16.1 Å². The number of rotatable bonds is 4. The number of aryl methyl sites for hydroxylation is 3. The number of nitro groups is 1. The highest BCUT2D eigenvalue weighted by atomic mass is 16.6. The molecule has 1 aromatic heterocycles. The number of para-hydroxylation sites is 1. The Bertz CT molecular complexity index is 1320. The van der Waals surface area contributed by atoms with Gasteiger partial charge in [0.25, 0.3) is 5.69 Å². The quantitative estimate of drug-likeness (QED) is 0.249. The summed E-state index contributed by atoms with van der Waals surface area (Å²) in [5.41, 5.74) is 5.54. The summed E-state index contributed by atoms with van der Waals surface area (Å²) in [5.74, 6) is 6.82. The van der Waals surface area contributed by atoms with Crippen LogP contribution in [0.2, 0.25) is 0 Å². The number of hydrogen-bond donors (Lipinski definition) is 0. The van der Waals surface area contributed by atoms with Crippen LogP contribution < -0.4 is 4.74 Å². The van der Waals surface area contributed by atoms with Crippen molar-refractivity contribution in [3.63, 3.8) is 0 Å². The molecule has 0 spiro atoms. The Kier molecular flexibility index (Phi) is 5.16. The van der Waals surface area contributed by atoms with Gasteiger partial charge in [0.1, 0.15) is 12.4 Å². The second kappa shape index (κ2) is 7.92. The molecule has 3 aromatic carbocycles. The molecule has 4 aromatic rings. The Morgan fingerprint density at radius 1 is 1.10 bits per heavy atom. The van der Waals surface area contributed by atoms with Crippen LogP contribution in [0, 0.1) is 35.8 Å². The number of nitrogens with zero attached hydrogens (tertiary/aromatic N) is 2. The van der Waals surface area contributed by atoms with Crippen molar-refractivity contribution in [2.75, 3.05) is 6.61 Å². The monoisotopic (exact) mass is 398 g/mol. The van der Waals surface area contributed by atoms with Gasteiger partial charge in [0, 0.05) is 46.1 Å². The number of non-ortho nitro benzene ring substituents is 1. The molecule has 0 saturated carbocycles. The first-order valence-electron chi connectivity index (χ1n) is 9.88. The standard InChI is InChI=1S/C25H22N2O3/c1-4-26-22-10-6-5-9-21(22)24-18(3)23(16-17(2)25(24)26)30-15-7-8-19-11-13-20(14-12-19)27(28)29/h5-6,9-14,16H,4,15H2,1-3H3. The first-order chi connectivity index (χ1) is 14.5. The van der Waals surface area contributed by atoms with Crippen LogP contribution in [0.25, 0.3) is 21.8 Å². The van der Waals surface area contributed by atoms with Gasteiger partial charge in [-0.2, -0.15) is 0 Å². The smallest absolute Gasteiger partial charge is 0.269 e. The van der Waals surface area contributed by atoms with E-state index in [0.717, 1.165) is 23.4 Å². The molecule has 0 radical (unpaired) electrons. The number of ether oxygens (including phenoxy) is 1. The molecule has 0 saturated heterocycles.